The van der Waals surface area contributed by atoms with Gasteiger partial charge in [-0.2, -0.15) is 4.89 Å². The predicted octanol–water partition coefficient (Wildman–Crippen LogP) is 2.44. The minimum absolute atomic E-state index is 0.123. The first-order chi connectivity index (χ1) is 12.6. The van der Waals surface area contributed by atoms with Crippen LogP contribution in [0.1, 0.15) is 31.7 Å². The highest BCUT2D eigenvalue weighted by Gasteiger charge is 2.23. The van der Waals surface area contributed by atoms with Gasteiger partial charge in [0.25, 0.3) is 0 Å². The number of piperidine rings is 1. The molecule has 7 nitrogen and oxygen atoms in total. The number of rotatable bonds is 9. The molecule has 0 spiro atoms. The van der Waals surface area contributed by atoms with Crippen LogP contribution in [0.5, 0.6) is 0 Å². The maximum Gasteiger partial charge on any atom is 0.506 e. The molecule has 144 valence electrons. The third kappa shape index (κ3) is 7.79. The zero-order valence-corrected chi connectivity index (χ0v) is 16.2. The Morgan fingerprint density at radius 2 is 2.04 bits per heavy atom. The lowest BCUT2D eigenvalue weighted by molar-refractivity contribution is 0.129. The molecule has 2 atom stereocenters. The van der Waals surface area contributed by atoms with Gasteiger partial charge in [0, 0.05) is 12.6 Å². The van der Waals surface area contributed by atoms with Crippen molar-refractivity contribution in [1.82, 2.24) is 15.5 Å². The van der Waals surface area contributed by atoms with Crippen molar-refractivity contribution in [2.24, 2.45) is 0 Å². The molecule has 1 heterocycles. The Balaban J connectivity index is 1.67. The molecule has 3 N–H and O–H groups in total. The highest BCUT2D eigenvalue weighted by Crippen LogP contribution is 2.16. The Morgan fingerprint density at radius 3 is 2.65 bits per heavy atom. The van der Waals surface area contributed by atoms with Crippen LogP contribution >= 0.6 is 8.03 Å². The van der Waals surface area contributed by atoms with E-state index in [4.69, 9.17) is 9.63 Å². The number of amides is 1. The van der Waals surface area contributed by atoms with Crippen molar-refractivity contribution in [3.8, 4) is 0 Å². The second-order valence-corrected chi connectivity index (χ2v) is 7.68. The number of alkyl carbamates (subject to hydrolysis) is 1. The smallest absolute Gasteiger partial charge is 0.445 e. The maximum absolute atomic E-state index is 12.0. The number of nitrogens with zero attached hydrogens (tertiary/aromatic N) is 1. The summed E-state index contributed by atoms with van der Waals surface area (Å²) in [5.74, 6) is 0. The molecule has 8 heteroatoms. The van der Waals surface area contributed by atoms with Crippen molar-refractivity contribution in [3.63, 3.8) is 0 Å². The number of ether oxygens (including phenoxy) is 1. The van der Waals surface area contributed by atoms with Crippen LogP contribution in [0.2, 0.25) is 0 Å². The highest BCUT2D eigenvalue weighted by molar-refractivity contribution is 7.38. The van der Waals surface area contributed by atoms with Crippen LogP contribution in [0, 0.1) is 0 Å². The normalized spacial score (nSPS) is 17.5. The Kier molecular flexibility index (Phi) is 8.98. The Morgan fingerprint density at radius 1 is 1.35 bits per heavy atom. The minimum atomic E-state index is -2.05. The highest BCUT2D eigenvalue weighted by atomic mass is 31.1. The standard InChI is InChI=1S/C18H28N3O4P/c1-2-17(20-18(22)25-14-15-6-4-3-5-7-15)19-16-8-10-21(11-9-16)12-13-26(23)24/h3-7,16-17,19H,2,8-14H2,1H3,(H-,20,22,23,24)/p+1. The molecule has 1 aromatic carbocycles. The van der Waals surface area contributed by atoms with Gasteiger partial charge in [-0.3, -0.25) is 10.2 Å². The largest absolute Gasteiger partial charge is 0.506 e. The topological polar surface area (TPSA) is 90.9 Å². The predicted molar refractivity (Wildman–Crippen MR) is 101 cm³/mol. The van der Waals surface area contributed by atoms with Crippen LogP contribution in [0.25, 0.3) is 0 Å². The van der Waals surface area contributed by atoms with Gasteiger partial charge in [0.2, 0.25) is 0 Å². The maximum atomic E-state index is 12.0. The van der Waals surface area contributed by atoms with E-state index in [9.17, 15) is 9.36 Å². The molecule has 2 rings (SSSR count). The molecule has 0 radical (unpaired) electrons. The number of carbonyl (C=O) groups excluding carboxylic acids is 1. The molecule has 2 unspecified atom stereocenters. The van der Waals surface area contributed by atoms with E-state index in [1.54, 1.807) is 0 Å². The van der Waals surface area contributed by atoms with E-state index >= 15 is 0 Å². The van der Waals surface area contributed by atoms with Gasteiger partial charge < -0.3 is 10.1 Å². The van der Waals surface area contributed by atoms with Gasteiger partial charge in [-0.25, -0.2) is 4.79 Å². The van der Waals surface area contributed by atoms with Gasteiger partial charge in [-0.1, -0.05) is 37.3 Å². The number of benzene rings is 1. The third-order valence-electron chi connectivity index (χ3n) is 4.55. The van der Waals surface area contributed by atoms with Crippen molar-refractivity contribution in [2.75, 3.05) is 25.8 Å². The molecule has 0 aliphatic carbocycles. The quantitative estimate of drug-likeness (QED) is 0.449. The lowest BCUT2D eigenvalue weighted by atomic mass is 10.0. The van der Waals surface area contributed by atoms with Crippen LogP contribution in [-0.4, -0.2) is 53.9 Å². The number of nitrogens with one attached hydrogen (secondary N) is 2. The molecule has 1 saturated heterocycles. The first kappa shape index (κ1) is 20.8. The van der Waals surface area contributed by atoms with Crippen LogP contribution < -0.4 is 10.6 Å². The Bertz CT molecular complexity index is 565. The number of carbonyl (C=O) groups is 1. The summed E-state index contributed by atoms with van der Waals surface area (Å²) in [4.78, 5) is 23.1. The van der Waals surface area contributed by atoms with E-state index in [1.165, 1.54) is 0 Å². The van der Waals surface area contributed by atoms with Gasteiger partial charge in [0.05, 0.1) is 6.17 Å². The van der Waals surface area contributed by atoms with E-state index in [1.807, 2.05) is 37.3 Å². The summed E-state index contributed by atoms with van der Waals surface area (Å²) in [7, 11) is -2.05. The van der Waals surface area contributed by atoms with Gasteiger partial charge in [-0.15, -0.1) is 0 Å². The molecular weight excluding hydrogens is 353 g/mol. The SMILES string of the molecule is CCC(NC(=O)OCc1ccccc1)NC1CCN(CC[P+](=O)O)CC1. The van der Waals surface area contributed by atoms with Gasteiger partial charge in [-0.05, 0) is 42.5 Å². The summed E-state index contributed by atoms with van der Waals surface area (Å²) in [5.41, 5.74) is 0.959. The van der Waals surface area contributed by atoms with Crippen LogP contribution in [0.15, 0.2) is 30.3 Å². The lowest BCUT2D eigenvalue weighted by Gasteiger charge is -2.33. The average Bonchev–Trinajstić information content (AvgIpc) is 2.66. The van der Waals surface area contributed by atoms with E-state index in [-0.39, 0.29) is 12.8 Å². The summed E-state index contributed by atoms with van der Waals surface area (Å²) < 4.78 is 16.1. The summed E-state index contributed by atoms with van der Waals surface area (Å²) >= 11 is 0. The van der Waals surface area contributed by atoms with Crippen LogP contribution in [0.4, 0.5) is 4.79 Å². The number of hydrogen-bond donors (Lipinski definition) is 3. The third-order valence-corrected chi connectivity index (χ3v) is 5.13. The van der Waals surface area contributed by atoms with Gasteiger partial charge in [0.15, 0.2) is 6.16 Å². The molecule has 0 saturated carbocycles. The first-order valence-corrected chi connectivity index (χ1v) is 10.6. The van der Waals surface area contributed by atoms with E-state index in [2.05, 4.69) is 15.5 Å². The average molecular weight is 382 g/mol. The molecule has 0 bridgehead atoms. The molecule has 1 fully saturated rings. The first-order valence-electron chi connectivity index (χ1n) is 9.16. The number of likely N-dealkylation sites (tertiary alicyclic amines) is 1. The molecule has 1 aliphatic heterocycles. The zero-order valence-electron chi connectivity index (χ0n) is 15.3. The summed E-state index contributed by atoms with van der Waals surface area (Å²) in [6.45, 7) is 4.74. The lowest BCUT2D eigenvalue weighted by Crippen LogP contribution is -2.52. The van der Waals surface area contributed by atoms with Crippen molar-refractivity contribution in [1.29, 1.82) is 0 Å². The fraction of sp³-hybridized carbons (Fsp3) is 0.611. The summed E-state index contributed by atoms with van der Waals surface area (Å²) in [6.07, 6.45) is 2.48. The summed E-state index contributed by atoms with van der Waals surface area (Å²) in [6, 6.07) is 9.92. The molecule has 1 aromatic rings. The van der Waals surface area contributed by atoms with Crippen molar-refractivity contribution >= 4 is 14.1 Å². The second-order valence-electron chi connectivity index (χ2n) is 6.53. The van der Waals surface area contributed by atoms with Crippen molar-refractivity contribution in [2.45, 2.75) is 45.0 Å². The van der Waals surface area contributed by atoms with E-state index < -0.39 is 14.1 Å². The molecule has 0 aromatic heterocycles. The van der Waals surface area contributed by atoms with Crippen LogP contribution in [0.3, 0.4) is 0 Å². The fourth-order valence-corrected chi connectivity index (χ4v) is 3.46. The van der Waals surface area contributed by atoms with Crippen molar-refractivity contribution in [3.05, 3.63) is 35.9 Å². The molecule has 1 amide bonds. The molecule has 26 heavy (non-hydrogen) atoms. The van der Waals surface area contributed by atoms with E-state index in [0.29, 0.717) is 18.7 Å². The van der Waals surface area contributed by atoms with Crippen molar-refractivity contribution < 1.29 is 19.0 Å². The fourth-order valence-electron chi connectivity index (χ4n) is 3.00. The van der Waals surface area contributed by atoms with E-state index in [0.717, 1.165) is 37.9 Å². The minimum Gasteiger partial charge on any atom is -0.445 e. The molecule has 1 aliphatic rings. The monoisotopic (exact) mass is 382 g/mol. The van der Waals surface area contributed by atoms with Gasteiger partial charge >= 0.3 is 14.1 Å². The number of hydrogen-bond acceptors (Lipinski definition) is 5. The zero-order chi connectivity index (χ0) is 18.8. The Labute approximate surface area is 156 Å². The van der Waals surface area contributed by atoms with Gasteiger partial charge in [0.1, 0.15) is 6.61 Å². The Hall–Kier alpha value is -1.53. The van der Waals surface area contributed by atoms with Crippen LogP contribution in [-0.2, 0) is 15.9 Å². The second kappa shape index (κ2) is 11.2. The molecular formula is C18H29N3O4P+. The summed E-state index contributed by atoms with van der Waals surface area (Å²) in [5, 5.41) is 6.35.